The fourth-order valence-corrected chi connectivity index (χ4v) is 4.76. The van der Waals surface area contributed by atoms with Gasteiger partial charge >= 0.3 is 0 Å². The van der Waals surface area contributed by atoms with Crippen LogP contribution in [0.4, 0.5) is 0 Å². The van der Waals surface area contributed by atoms with Gasteiger partial charge in [0.05, 0.1) is 27.7 Å². The Labute approximate surface area is 168 Å². The first-order chi connectivity index (χ1) is 13.6. The number of piperidine rings is 1. The highest BCUT2D eigenvalue weighted by molar-refractivity contribution is 7.15. The van der Waals surface area contributed by atoms with E-state index < -0.39 is 0 Å². The molecule has 1 saturated heterocycles. The topological polar surface area (TPSA) is 71.9 Å². The van der Waals surface area contributed by atoms with Gasteiger partial charge in [0.1, 0.15) is 5.82 Å². The minimum atomic E-state index is 0.157. The molecule has 144 valence electrons. The van der Waals surface area contributed by atoms with Gasteiger partial charge in [-0.05, 0) is 44.9 Å². The standard InChI is InChI=1S/C21H23N5OS/c1-14-20(18-6-10-22-15(2)25-18)28-21(24-14)16-7-11-26(12-8-16)19(27)13-17-5-3-4-9-23-17/h3-6,9-10,16H,7-8,11-13H2,1-2H3. The van der Waals surface area contributed by atoms with Crippen LogP contribution in [0.2, 0.25) is 0 Å². The molecule has 3 aromatic rings. The molecule has 4 heterocycles. The van der Waals surface area contributed by atoms with Crippen LogP contribution in [0.1, 0.15) is 41.0 Å². The fourth-order valence-electron chi connectivity index (χ4n) is 3.56. The Hall–Kier alpha value is -2.67. The third kappa shape index (κ3) is 4.09. The van der Waals surface area contributed by atoms with E-state index in [4.69, 9.17) is 4.98 Å². The first-order valence-corrected chi connectivity index (χ1v) is 10.4. The predicted molar refractivity (Wildman–Crippen MR) is 109 cm³/mol. The lowest BCUT2D eigenvalue weighted by molar-refractivity contribution is -0.131. The molecule has 0 bridgehead atoms. The van der Waals surface area contributed by atoms with E-state index in [1.165, 1.54) is 0 Å². The van der Waals surface area contributed by atoms with Gasteiger partial charge in [-0.3, -0.25) is 9.78 Å². The lowest BCUT2D eigenvalue weighted by atomic mass is 9.97. The summed E-state index contributed by atoms with van der Waals surface area (Å²) in [6, 6.07) is 7.63. The van der Waals surface area contributed by atoms with E-state index >= 15 is 0 Å². The van der Waals surface area contributed by atoms with Crippen LogP contribution < -0.4 is 0 Å². The Kier molecular flexibility index (Phi) is 5.43. The number of aryl methyl sites for hydroxylation is 2. The second-order valence-corrected chi connectivity index (χ2v) is 8.14. The van der Waals surface area contributed by atoms with Gasteiger partial charge in [-0.25, -0.2) is 15.0 Å². The van der Waals surface area contributed by atoms with Gasteiger partial charge in [-0.15, -0.1) is 11.3 Å². The van der Waals surface area contributed by atoms with Crippen LogP contribution in [0.3, 0.4) is 0 Å². The Morgan fingerprint density at radius 1 is 1.11 bits per heavy atom. The molecule has 3 aromatic heterocycles. The van der Waals surface area contributed by atoms with E-state index in [0.29, 0.717) is 12.3 Å². The molecule has 0 atom stereocenters. The van der Waals surface area contributed by atoms with Crippen LogP contribution >= 0.6 is 11.3 Å². The molecule has 1 aliphatic heterocycles. The number of nitrogens with zero attached hydrogens (tertiary/aromatic N) is 5. The monoisotopic (exact) mass is 393 g/mol. The summed E-state index contributed by atoms with van der Waals surface area (Å²) >= 11 is 1.73. The van der Waals surface area contributed by atoms with Gasteiger partial charge in [0.2, 0.25) is 5.91 Å². The van der Waals surface area contributed by atoms with Crippen molar-refractivity contribution in [1.29, 1.82) is 0 Å². The third-order valence-electron chi connectivity index (χ3n) is 5.08. The van der Waals surface area contributed by atoms with E-state index in [0.717, 1.165) is 58.7 Å². The van der Waals surface area contributed by atoms with E-state index in [1.807, 2.05) is 43.0 Å². The molecule has 0 N–H and O–H groups in total. The molecule has 1 fully saturated rings. The first-order valence-electron chi connectivity index (χ1n) is 9.55. The summed E-state index contributed by atoms with van der Waals surface area (Å²) in [4.78, 5) is 33.4. The highest BCUT2D eigenvalue weighted by Crippen LogP contribution is 2.36. The molecule has 6 nitrogen and oxygen atoms in total. The van der Waals surface area contributed by atoms with Crippen molar-refractivity contribution in [3.8, 4) is 10.6 Å². The zero-order valence-electron chi connectivity index (χ0n) is 16.1. The van der Waals surface area contributed by atoms with Gasteiger partial charge in [0, 0.05) is 37.1 Å². The molecule has 0 radical (unpaired) electrons. The van der Waals surface area contributed by atoms with Crippen molar-refractivity contribution in [2.24, 2.45) is 0 Å². The van der Waals surface area contributed by atoms with Crippen molar-refractivity contribution < 1.29 is 4.79 Å². The molecular formula is C21H23N5OS. The molecule has 7 heteroatoms. The normalized spacial score (nSPS) is 15.0. The molecule has 0 aliphatic carbocycles. The number of hydrogen-bond acceptors (Lipinski definition) is 6. The number of likely N-dealkylation sites (tertiary alicyclic amines) is 1. The smallest absolute Gasteiger partial charge is 0.228 e. The lowest BCUT2D eigenvalue weighted by Crippen LogP contribution is -2.38. The molecule has 0 saturated carbocycles. The quantitative estimate of drug-likeness (QED) is 0.678. The Balaban J connectivity index is 1.40. The van der Waals surface area contributed by atoms with Crippen LogP contribution in [0.5, 0.6) is 0 Å². The molecule has 0 aromatic carbocycles. The summed E-state index contributed by atoms with van der Waals surface area (Å²) in [5.74, 6) is 1.33. The van der Waals surface area contributed by atoms with E-state index in [2.05, 4.69) is 15.0 Å². The fraction of sp³-hybridized carbons (Fsp3) is 0.381. The number of carbonyl (C=O) groups excluding carboxylic acids is 1. The molecule has 28 heavy (non-hydrogen) atoms. The minimum Gasteiger partial charge on any atom is -0.342 e. The van der Waals surface area contributed by atoms with Crippen molar-refractivity contribution in [2.75, 3.05) is 13.1 Å². The first kappa shape index (κ1) is 18.7. The average Bonchev–Trinajstić information content (AvgIpc) is 3.10. The van der Waals surface area contributed by atoms with Gasteiger partial charge in [-0.2, -0.15) is 0 Å². The van der Waals surface area contributed by atoms with E-state index in [9.17, 15) is 4.79 Å². The predicted octanol–water partition coefficient (Wildman–Crippen LogP) is 3.56. The lowest BCUT2D eigenvalue weighted by Gasteiger charge is -2.31. The van der Waals surface area contributed by atoms with Crippen molar-refractivity contribution in [1.82, 2.24) is 24.8 Å². The van der Waals surface area contributed by atoms with Crippen LogP contribution in [0, 0.1) is 13.8 Å². The maximum absolute atomic E-state index is 12.5. The molecule has 0 unspecified atom stereocenters. The highest BCUT2D eigenvalue weighted by atomic mass is 32.1. The average molecular weight is 394 g/mol. The summed E-state index contributed by atoms with van der Waals surface area (Å²) in [7, 11) is 0. The number of carbonyl (C=O) groups is 1. The van der Waals surface area contributed by atoms with E-state index in [1.54, 1.807) is 23.7 Å². The van der Waals surface area contributed by atoms with Crippen LogP contribution in [0.25, 0.3) is 10.6 Å². The number of amides is 1. The molecular weight excluding hydrogens is 370 g/mol. The Morgan fingerprint density at radius 2 is 1.93 bits per heavy atom. The van der Waals surface area contributed by atoms with Gasteiger partial charge in [0.25, 0.3) is 0 Å². The zero-order valence-corrected chi connectivity index (χ0v) is 16.9. The second-order valence-electron chi connectivity index (χ2n) is 7.11. The van der Waals surface area contributed by atoms with Crippen LogP contribution in [-0.2, 0) is 11.2 Å². The third-order valence-corrected chi connectivity index (χ3v) is 6.42. The summed E-state index contributed by atoms with van der Waals surface area (Å²) in [5, 5.41) is 1.15. The molecule has 1 amide bonds. The Bertz CT molecular complexity index is 964. The van der Waals surface area contributed by atoms with Crippen LogP contribution in [0.15, 0.2) is 36.7 Å². The SMILES string of the molecule is Cc1nccc(-c2sc(C3CCN(C(=O)Cc4ccccn4)CC3)nc2C)n1. The summed E-state index contributed by atoms with van der Waals surface area (Å²) in [6.45, 7) is 5.49. The minimum absolute atomic E-state index is 0.157. The number of aromatic nitrogens is 4. The van der Waals surface area contributed by atoms with Crippen LogP contribution in [-0.4, -0.2) is 43.8 Å². The maximum atomic E-state index is 12.5. The highest BCUT2D eigenvalue weighted by Gasteiger charge is 2.27. The van der Waals surface area contributed by atoms with Gasteiger partial charge < -0.3 is 4.90 Å². The molecule has 4 rings (SSSR count). The maximum Gasteiger partial charge on any atom is 0.228 e. The summed E-state index contributed by atoms with van der Waals surface area (Å²) < 4.78 is 0. The summed E-state index contributed by atoms with van der Waals surface area (Å²) in [5.41, 5.74) is 2.79. The summed E-state index contributed by atoms with van der Waals surface area (Å²) in [6.07, 6.45) is 5.80. The van der Waals surface area contributed by atoms with Crippen molar-refractivity contribution >= 4 is 17.2 Å². The number of rotatable bonds is 4. The van der Waals surface area contributed by atoms with Crippen molar-refractivity contribution in [3.05, 3.63) is 58.9 Å². The van der Waals surface area contributed by atoms with Crippen molar-refractivity contribution in [3.63, 3.8) is 0 Å². The molecule has 0 spiro atoms. The van der Waals surface area contributed by atoms with Gasteiger partial charge in [-0.1, -0.05) is 6.07 Å². The number of hydrogen-bond donors (Lipinski definition) is 0. The number of thiazole rings is 1. The van der Waals surface area contributed by atoms with E-state index in [-0.39, 0.29) is 5.91 Å². The zero-order chi connectivity index (χ0) is 19.5. The second kappa shape index (κ2) is 8.14. The van der Waals surface area contributed by atoms with Gasteiger partial charge in [0.15, 0.2) is 0 Å². The van der Waals surface area contributed by atoms with Crippen molar-refractivity contribution in [2.45, 2.75) is 39.0 Å². The largest absolute Gasteiger partial charge is 0.342 e. The Morgan fingerprint density at radius 3 is 2.64 bits per heavy atom. The molecule has 1 aliphatic rings. The number of pyridine rings is 1.